The molecular formula is C31H62O6Si2. The number of ether oxygens (including phenoxy) is 3. The first kappa shape index (κ1) is 36.5. The molecule has 1 saturated carbocycles. The van der Waals surface area contributed by atoms with Crippen LogP contribution in [-0.2, 0) is 23.4 Å². The first-order chi connectivity index (χ1) is 17.8. The van der Waals surface area contributed by atoms with Crippen LogP contribution in [0.4, 0.5) is 0 Å². The minimum atomic E-state index is -1.94. The number of aliphatic hydroxyl groups excluding tert-OH is 1. The molecule has 0 spiro atoms. The zero-order chi connectivity index (χ0) is 30.1. The molecule has 0 amide bonds. The van der Waals surface area contributed by atoms with Crippen LogP contribution in [-0.4, -0.2) is 65.8 Å². The molecule has 0 aromatic heterocycles. The third kappa shape index (κ3) is 14.3. The third-order valence-electron chi connectivity index (χ3n) is 8.00. The van der Waals surface area contributed by atoms with Gasteiger partial charge in [-0.1, -0.05) is 78.8 Å². The summed E-state index contributed by atoms with van der Waals surface area (Å²) in [5.74, 6) is -0.0939. The second-order valence-electron chi connectivity index (χ2n) is 15.2. The van der Waals surface area contributed by atoms with E-state index in [-0.39, 0.29) is 48.5 Å². The van der Waals surface area contributed by atoms with E-state index >= 15 is 0 Å². The quantitative estimate of drug-likeness (QED) is 0.0581. The Balaban J connectivity index is 2.93. The third-order valence-corrected chi connectivity index (χ3v) is 14.2. The standard InChI is InChI=1S/C31H62O6Si2/c1-13-14-15-16-24(37-39(11,12)31(5,6)7)17-18-28(36-23-34-19-20-38(8,9)10)26-21-25(26)27(32)22-35-29(33)30(2,3)4/h17-18,24-28,32H,13-16,19-23H2,1-12H3/b18-17+/t24-,25-,26-,27-,28-/m1/s1. The van der Waals surface area contributed by atoms with Crippen molar-refractivity contribution in [2.75, 3.05) is 20.0 Å². The Morgan fingerprint density at radius 3 is 2.18 bits per heavy atom. The van der Waals surface area contributed by atoms with E-state index in [0.29, 0.717) is 6.61 Å². The predicted octanol–water partition coefficient (Wildman–Crippen LogP) is 7.80. The minimum absolute atomic E-state index is 0.0224. The van der Waals surface area contributed by atoms with Gasteiger partial charge < -0.3 is 23.7 Å². The predicted molar refractivity (Wildman–Crippen MR) is 167 cm³/mol. The summed E-state index contributed by atoms with van der Waals surface area (Å²) in [4.78, 5) is 12.2. The summed E-state index contributed by atoms with van der Waals surface area (Å²) >= 11 is 0. The SMILES string of the molecule is CCCCC[C@H](/C=C/[C@@H](OCOCC[Si](C)(C)C)[C@@H]1C[C@H]1[C@H](O)COC(=O)C(C)(C)C)O[Si](C)(C)C(C)(C)C. The van der Waals surface area contributed by atoms with E-state index in [0.717, 1.165) is 25.3 Å². The van der Waals surface area contributed by atoms with Gasteiger partial charge in [-0.2, -0.15) is 0 Å². The van der Waals surface area contributed by atoms with Gasteiger partial charge in [0.25, 0.3) is 0 Å². The van der Waals surface area contributed by atoms with Gasteiger partial charge in [0.1, 0.15) is 13.4 Å². The molecule has 5 atom stereocenters. The van der Waals surface area contributed by atoms with Gasteiger partial charge >= 0.3 is 5.97 Å². The zero-order valence-corrected chi connectivity index (χ0v) is 29.4. The zero-order valence-electron chi connectivity index (χ0n) is 27.4. The van der Waals surface area contributed by atoms with Crippen molar-refractivity contribution >= 4 is 22.4 Å². The van der Waals surface area contributed by atoms with Gasteiger partial charge in [0.2, 0.25) is 0 Å². The van der Waals surface area contributed by atoms with Crippen molar-refractivity contribution in [1.29, 1.82) is 0 Å². The summed E-state index contributed by atoms with van der Waals surface area (Å²) in [7, 11) is -3.10. The lowest BCUT2D eigenvalue weighted by Crippen LogP contribution is -2.43. The van der Waals surface area contributed by atoms with Gasteiger partial charge in [0, 0.05) is 14.7 Å². The highest BCUT2D eigenvalue weighted by molar-refractivity contribution is 6.76. The Morgan fingerprint density at radius 2 is 1.64 bits per heavy atom. The molecule has 0 bridgehead atoms. The van der Waals surface area contributed by atoms with Gasteiger partial charge in [-0.05, 0) is 69.6 Å². The van der Waals surface area contributed by atoms with E-state index in [1.165, 1.54) is 12.8 Å². The van der Waals surface area contributed by atoms with E-state index in [2.05, 4.69) is 72.6 Å². The lowest BCUT2D eigenvalue weighted by molar-refractivity contribution is -0.156. The van der Waals surface area contributed by atoms with Gasteiger partial charge in [-0.25, -0.2) is 0 Å². The molecule has 0 aromatic carbocycles. The minimum Gasteiger partial charge on any atom is -0.463 e. The molecule has 1 rings (SSSR count). The van der Waals surface area contributed by atoms with Crippen LogP contribution in [0, 0.1) is 17.3 Å². The number of carbonyl (C=O) groups is 1. The largest absolute Gasteiger partial charge is 0.463 e. The van der Waals surface area contributed by atoms with Crippen molar-refractivity contribution in [3.63, 3.8) is 0 Å². The molecular weight excluding hydrogens is 525 g/mol. The Labute approximate surface area is 242 Å². The van der Waals surface area contributed by atoms with Crippen molar-refractivity contribution in [2.45, 2.75) is 143 Å². The lowest BCUT2D eigenvalue weighted by Gasteiger charge is -2.38. The Morgan fingerprint density at radius 1 is 1.00 bits per heavy atom. The van der Waals surface area contributed by atoms with Crippen LogP contribution in [0.25, 0.3) is 0 Å². The van der Waals surface area contributed by atoms with Crippen LogP contribution in [0.5, 0.6) is 0 Å². The summed E-state index contributed by atoms with van der Waals surface area (Å²) < 4.78 is 24.3. The molecule has 6 nitrogen and oxygen atoms in total. The number of carbonyl (C=O) groups excluding carboxylic acids is 1. The van der Waals surface area contributed by atoms with Crippen LogP contribution in [0.3, 0.4) is 0 Å². The molecule has 0 aliphatic heterocycles. The molecule has 8 heteroatoms. The number of esters is 1. The molecule has 1 aliphatic rings. The van der Waals surface area contributed by atoms with Crippen molar-refractivity contribution in [3.05, 3.63) is 12.2 Å². The van der Waals surface area contributed by atoms with E-state index in [1.807, 2.05) is 20.8 Å². The maximum atomic E-state index is 12.2. The number of rotatable bonds is 18. The molecule has 0 radical (unpaired) electrons. The molecule has 230 valence electrons. The van der Waals surface area contributed by atoms with Crippen molar-refractivity contribution in [1.82, 2.24) is 0 Å². The Bertz CT molecular complexity index is 748. The van der Waals surface area contributed by atoms with Gasteiger partial charge in [0.15, 0.2) is 8.32 Å². The van der Waals surface area contributed by atoms with Gasteiger partial charge in [-0.15, -0.1) is 0 Å². The Kier molecular flexibility index (Phi) is 14.6. The number of hydrogen-bond donors (Lipinski definition) is 1. The fourth-order valence-electron chi connectivity index (χ4n) is 4.02. The normalized spacial score (nSPS) is 21.2. The summed E-state index contributed by atoms with van der Waals surface area (Å²) in [5.41, 5.74) is -0.582. The first-order valence-corrected chi connectivity index (χ1v) is 21.8. The van der Waals surface area contributed by atoms with E-state index in [9.17, 15) is 9.90 Å². The summed E-state index contributed by atoms with van der Waals surface area (Å²) in [6.45, 7) is 27.1. The highest BCUT2D eigenvalue weighted by atomic mass is 28.4. The highest BCUT2D eigenvalue weighted by Crippen LogP contribution is 2.46. The smallest absolute Gasteiger partial charge is 0.311 e. The molecule has 1 fully saturated rings. The number of unbranched alkanes of at least 4 members (excludes halogenated alkanes) is 2. The summed E-state index contributed by atoms with van der Waals surface area (Å²) in [6.07, 6.45) is 8.86. The van der Waals surface area contributed by atoms with Crippen LogP contribution in [0.15, 0.2) is 12.2 Å². The van der Waals surface area contributed by atoms with Gasteiger partial charge in [-0.3, -0.25) is 4.79 Å². The van der Waals surface area contributed by atoms with E-state index < -0.39 is 27.9 Å². The molecule has 0 aromatic rings. The highest BCUT2D eigenvalue weighted by Gasteiger charge is 2.47. The molecule has 0 saturated heterocycles. The summed E-state index contributed by atoms with van der Waals surface area (Å²) in [6, 6.07) is 1.10. The average molecular weight is 587 g/mol. The molecule has 39 heavy (non-hydrogen) atoms. The number of aliphatic hydroxyl groups is 1. The fourth-order valence-corrected chi connectivity index (χ4v) is 6.09. The van der Waals surface area contributed by atoms with Crippen molar-refractivity contribution < 1.29 is 28.5 Å². The monoisotopic (exact) mass is 586 g/mol. The maximum Gasteiger partial charge on any atom is 0.311 e. The van der Waals surface area contributed by atoms with Crippen LogP contribution < -0.4 is 0 Å². The number of hydrogen-bond acceptors (Lipinski definition) is 6. The topological polar surface area (TPSA) is 74.2 Å². The lowest BCUT2D eigenvalue weighted by atomic mass is 9.97. The van der Waals surface area contributed by atoms with E-state index in [4.69, 9.17) is 18.6 Å². The molecule has 1 N–H and O–H groups in total. The van der Waals surface area contributed by atoms with Crippen LogP contribution in [0.2, 0.25) is 43.8 Å². The second-order valence-corrected chi connectivity index (χ2v) is 25.6. The molecule has 0 heterocycles. The van der Waals surface area contributed by atoms with Crippen molar-refractivity contribution in [3.8, 4) is 0 Å². The van der Waals surface area contributed by atoms with Crippen molar-refractivity contribution in [2.24, 2.45) is 17.3 Å². The van der Waals surface area contributed by atoms with Crippen LogP contribution >= 0.6 is 0 Å². The first-order valence-electron chi connectivity index (χ1n) is 15.2. The van der Waals surface area contributed by atoms with E-state index in [1.54, 1.807) is 0 Å². The molecule has 0 unspecified atom stereocenters. The molecule has 1 aliphatic carbocycles. The van der Waals surface area contributed by atoms with Gasteiger partial charge in [0.05, 0.1) is 23.7 Å². The summed E-state index contributed by atoms with van der Waals surface area (Å²) in [5, 5.41) is 10.9. The maximum absolute atomic E-state index is 12.2. The average Bonchev–Trinajstić information content (AvgIpc) is 3.57. The second kappa shape index (κ2) is 15.6. The fraction of sp³-hybridized carbons (Fsp3) is 0.903. The Hall–Kier alpha value is -0.516. The van der Waals surface area contributed by atoms with Crippen LogP contribution in [0.1, 0.15) is 80.6 Å².